The van der Waals surface area contributed by atoms with Crippen molar-refractivity contribution >= 4 is 46.5 Å². The van der Waals surface area contributed by atoms with Gasteiger partial charge in [0.05, 0.1) is 15.6 Å². The molecule has 0 bridgehead atoms. The van der Waals surface area contributed by atoms with Crippen LogP contribution in [-0.2, 0) is 0 Å². The van der Waals surface area contributed by atoms with Crippen LogP contribution in [-0.4, -0.2) is 27.7 Å². The Bertz CT molecular complexity index is 1050. The lowest BCUT2D eigenvalue weighted by atomic mass is 10.2. The first-order chi connectivity index (χ1) is 13.4. The number of unbranched alkanes of at least 4 members (excludes halogenated alkanes) is 1. The Labute approximate surface area is 172 Å². The molecule has 0 aliphatic heterocycles. The lowest BCUT2D eigenvalue weighted by Gasteiger charge is -2.09. The second-order valence-electron chi connectivity index (χ2n) is 6.41. The third-order valence-electron chi connectivity index (χ3n) is 4.23. The molecule has 1 aromatic carbocycles. The van der Waals surface area contributed by atoms with Gasteiger partial charge in [-0.1, -0.05) is 48.7 Å². The summed E-state index contributed by atoms with van der Waals surface area (Å²) in [6, 6.07) is 8.47. The number of fused-ring (bicyclic) bond motifs is 1. The molecule has 2 amide bonds. The van der Waals surface area contributed by atoms with Crippen molar-refractivity contribution in [3.05, 3.63) is 63.4 Å². The Morgan fingerprint density at radius 1 is 1.14 bits per heavy atom. The van der Waals surface area contributed by atoms with Crippen LogP contribution in [0, 0.1) is 6.92 Å². The maximum Gasteiger partial charge on any atom is 0.272 e. The van der Waals surface area contributed by atoms with Gasteiger partial charge >= 0.3 is 0 Å². The summed E-state index contributed by atoms with van der Waals surface area (Å²) in [4.78, 5) is 29.9. The second kappa shape index (κ2) is 8.63. The summed E-state index contributed by atoms with van der Waals surface area (Å²) in [6.07, 6.45) is 3.63. The van der Waals surface area contributed by atoms with Gasteiger partial charge in [0.1, 0.15) is 5.65 Å². The Morgan fingerprint density at radius 2 is 1.93 bits per heavy atom. The van der Waals surface area contributed by atoms with E-state index in [9.17, 15) is 9.59 Å². The van der Waals surface area contributed by atoms with E-state index in [0.717, 1.165) is 18.4 Å². The zero-order valence-corrected chi connectivity index (χ0v) is 17.1. The van der Waals surface area contributed by atoms with E-state index < -0.39 is 5.91 Å². The third-order valence-corrected chi connectivity index (χ3v) is 5.04. The second-order valence-corrected chi connectivity index (χ2v) is 7.19. The van der Waals surface area contributed by atoms with E-state index in [0.29, 0.717) is 12.2 Å². The number of aromatic nitrogens is 2. The van der Waals surface area contributed by atoms with Crippen molar-refractivity contribution in [2.75, 3.05) is 11.9 Å². The molecule has 0 fully saturated rings. The number of aryl methyl sites for hydroxylation is 1. The smallest absolute Gasteiger partial charge is 0.272 e. The van der Waals surface area contributed by atoms with Gasteiger partial charge in [-0.25, -0.2) is 4.98 Å². The fraction of sp³-hybridized carbons (Fsp3) is 0.250. The van der Waals surface area contributed by atoms with E-state index in [1.54, 1.807) is 34.9 Å². The van der Waals surface area contributed by atoms with Crippen molar-refractivity contribution in [3.8, 4) is 0 Å². The van der Waals surface area contributed by atoms with Gasteiger partial charge in [-0.15, -0.1) is 0 Å². The number of hydrogen-bond donors (Lipinski definition) is 2. The number of carbonyl (C=O) groups excluding carboxylic acids is 2. The number of halogens is 2. The van der Waals surface area contributed by atoms with Crippen LogP contribution in [0.3, 0.4) is 0 Å². The number of imidazole rings is 1. The minimum Gasteiger partial charge on any atom is -0.351 e. The van der Waals surface area contributed by atoms with E-state index >= 15 is 0 Å². The third kappa shape index (κ3) is 4.13. The van der Waals surface area contributed by atoms with Crippen molar-refractivity contribution in [2.24, 2.45) is 0 Å². The minimum atomic E-state index is -0.491. The molecule has 2 N–H and O–H groups in total. The summed E-state index contributed by atoms with van der Waals surface area (Å²) in [5.74, 6) is -0.630. The Hall–Kier alpha value is -2.57. The first kappa shape index (κ1) is 20.2. The van der Waals surface area contributed by atoms with Crippen LogP contribution in [0.4, 0.5) is 5.82 Å². The number of nitrogens with one attached hydrogen (secondary N) is 2. The quantitative estimate of drug-likeness (QED) is 0.567. The van der Waals surface area contributed by atoms with Gasteiger partial charge in [0, 0.05) is 12.7 Å². The first-order valence-corrected chi connectivity index (χ1v) is 9.70. The molecule has 3 rings (SSSR count). The maximum absolute atomic E-state index is 12.8. The van der Waals surface area contributed by atoms with Crippen LogP contribution in [0.25, 0.3) is 5.65 Å². The predicted octanol–water partition coefficient (Wildman–Crippen LogP) is 4.73. The van der Waals surface area contributed by atoms with Crippen LogP contribution in [0.5, 0.6) is 0 Å². The number of nitrogens with zero attached hydrogens (tertiary/aromatic N) is 2. The molecular weight excluding hydrogens is 399 g/mol. The predicted molar refractivity (Wildman–Crippen MR) is 112 cm³/mol. The van der Waals surface area contributed by atoms with Gasteiger partial charge in [0.15, 0.2) is 11.5 Å². The van der Waals surface area contributed by atoms with Crippen molar-refractivity contribution in [3.63, 3.8) is 0 Å². The van der Waals surface area contributed by atoms with E-state index in [1.165, 1.54) is 0 Å². The van der Waals surface area contributed by atoms with Gasteiger partial charge in [0.25, 0.3) is 11.8 Å². The number of pyridine rings is 1. The van der Waals surface area contributed by atoms with Crippen LogP contribution in [0.1, 0.15) is 46.2 Å². The van der Waals surface area contributed by atoms with Crippen molar-refractivity contribution in [1.82, 2.24) is 14.7 Å². The summed E-state index contributed by atoms with van der Waals surface area (Å²) >= 11 is 12.1. The molecule has 0 atom stereocenters. The van der Waals surface area contributed by atoms with Gasteiger partial charge in [-0.05, 0) is 37.1 Å². The normalized spacial score (nSPS) is 10.9. The number of amides is 2. The highest BCUT2D eigenvalue weighted by atomic mass is 35.5. The van der Waals surface area contributed by atoms with Crippen LogP contribution < -0.4 is 10.6 Å². The molecule has 0 saturated carbocycles. The van der Waals surface area contributed by atoms with Crippen molar-refractivity contribution in [2.45, 2.75) is 26.7 Å². The van der Waals surface area contributed by atoms with Crippen LogP contribution in [0.15, 0.2) is 36.5 Å². The average Bonchev–Trinajstić information content (AvgIpc) is 3.01. The van der Waals surface area contributed by atoms with E-state index in [-0.39, 0.29) is 33.0 Å². The highest BCUT2D eigenvalue weighted by molar-refractivity contribution is 6.44. The molecule has 0 radical (unpaired) electrons. The largest absolute Gasteiger partial charge is 0.351 e. The molecule has 0 saturated heterocycles. The Kier molecular flexibility index (Phi) is 6.21. The SMILES string of the molecule is CCCCNC(=O)c1c(NC(=O)c2cccc(Cl)c2Cl)nc2ccc(C)cn12. The van der Waals surface area contributed by atoms with Gasteiger partial charge < -0.3 is 10.6 Å². The summed E-state index contributed by atoms with van der Waals surface area (Å²) in [5, 5.41) is 6.00. The summed E-state index contributed by atoms with van der Waals surface area (Å²) in [5.41, 5.74) is 1.99. The number of benzene rings is 1. The number of carbonyl (C=O) groups is 2. The Morgan fingerprint density at radius 3 is 2.68 bits per heavy atom. The summed E-state index contributed by atoms with van der Waals surface area (Å²) < 4.78 is 1.67. The monoisotopic (exact) mass is 418 g/mol. The first-order valence-electron chi connectivity index (χ1n) is 8.94. The summed E-state index contributed by atoms with van der Waals surface area (Å²) in [6.45, 7) is 4.51. The standard InChI is InChI=1S/C20H20Cl2N4O2/c1-3-4-10-23-20(28)17-18(24-15-9-8-12(2)11-26(15)17)25-19(27)13-6-5-7-14(21)16(13)22/h5-9,11H,3-4,10H2,1-2H3,(H,23,28)(H,25,27). The van der Waals surface area contributed by atoms with E-state index in [1.807, 2.05) is 19.9 Å². The van der Waals surface area contributed by atoms with Gasteiger partial charge in [-0.3, -0.25) is 14.0 Å². The molecule has 28 heavy (non-hydrogen) atoms. The Balaban J connectivity index is 2.00. The van der Waals surface area contributed by atoms with Gasteiger partial charge in [0.2, 0.25) is 0 Å². The molecular formula is C20H20Cl2N4O2. The van der Waals surface area contributed by atoms with E-state index in [2.05, 4.69) is 15.6 Å². The molecule has 2 aromatic heterocycles. The van der Waals surface area contributed by atoms with E-state index in [4.69, 9.17) is 23.2 Å². The minimum absolute atomic E-state index is 0.148. The lowest BCUT2D eigenvalue weighted by Crippen LogP contribution is -2.27. The molecule has 0 aliphatic carbocycles. The van der Waals surface area contributed by atoms with Crippen molar-refractivity contribution < 1.29 is 9.59 Å². The molecule has 0 unspecified atom stereocenters. The average molecular weight is 419 g/mol. The number of hydrogen-bond acceptors (Lipinski definition) is 3. The van der Waals surface area contributed by atoms with Crippen LogP contribution >= 0.6 is 23.2 Å². The highest BCUT2D eigenvalue weighted by Gasteiger charge is 2.22. The fourth-order valence-corrected chi connectivity index (χ4v) is 3.16. The molecule has 146 valence electrons. The zero-order valence-electron chi connectivity index (χ0n) is 15.6. The molecule has 6 nitrogen and oxygen atoms in total. The molecule has 0 aliphatic rings. The van der Waals surface area contributed by atoms with Crippen LogP contribution in [0.2, 0.25) is 10.0 Å². The molecule has 2 heterocycles. The fourth-order valence-electron chi connectivity index (χ4n) is 2.77. The topological polar surface area (TPSA) is 75.5 Å². The van der Waals surface area contributed by atoms with Gasteiger partial charge in [-0.2, -0.15) is 0 Å². The number of anilines is 1. The molecule has 3 aromatic rings. The lowest BCUT2D eigenvalue weighted by molar-refractivity contribution is 0.0948. The van der Waals surface area contributed by atoms with Crippen molar-refractivity contribution in [1.29, 1.82) is 0 Å². The maximum atomic E-state index is 12.8. The molecule has 8 heteroatoms. The number of rotatable bonds is 6. The highest BCUT2D eigenvalue weighted by Crippen LogP contribution is 2.27. The molecule has 0 spiro atoms. The summed E-state index contributed by atoms with van der Waals surface area (Å²) in [7, 11) is 0. The zero-order chi connectivity index (χ0) is 20.3.